The molecule has 0 amide bonds. The first-order valence-electron chi connectivity index (χ1n) is 7.03. The van der Waals surface area contributed by atoms with Crippen molar-refractivity contribution in [1.29, 1.82) is 0 Å². The van der Waals surface area contributed by atoms with Crippen molar-refractivity contribution in [2.75, 3.05) is 0 Å². The molecule has 1 saturated carbocycles. The van der Waals surface area contributed by atoms with E-state index in [1.807, 2.05) is 0 Å². The molecule has 1 aliphatic carbocycles. The van der Waals surface area contributed by atoms with Gasteiger partial charge >= 0.3 is 0 Å². The Kier molecular flexibility index (Phi) is 4.36. The Morgan fingerprint density at radius 1 is 1.06 bits per heavy atom. The van der Waals surface area contributed by atoms with Gasteiger partial charge in [0.1, 0.15) is 11.6 Å². The lowest BCUT2D eigenvalue weighted by Crippen LogP contribution is -2.07. The highest BCUT2D eigenvalue weighted by molar-refractivity contribution is 5.22. The molecule has 0 saturated heterocycles. The molecule has 2 heteroatoms. The Bertz CT molecular complexity index is 398. The summed E-state index contributed by atoms with van der Waals surface area (Å²) in [4.78, 5) is 0. The van der Waals surface area contributed by atoms with Gasteiger partial charge < -0.3 is 0 Å². The molecular formula is C16H22F2. The van der Waals surface area contributed by atoms with Gasteiger partial charge in [-0.15, -0.1) is 0 Å². The van der Waals surface area contributed by atoms with Crippen LogP contribution in [0, 0.1) is 23.5 Å². The molecule has 0 aliphatic heterocycles. The Morgan fingerprint density at radius 2 is 1.83 bits per heavy atom. The first-order valence-corrected chi connectivity index (χ1v) is 7.03. The normalized spacial score (nSPS) is 25.2. The maximum Gasteiger partial charge on any atom is 0.129 e. The number of rotatable bonds is 2. The van der Waals surface area contributed by atoms with Crippen LogP contribution in [0.3, 0.4) is 0 Å². The van der Waals surface area contributed by atoms with E-state index in [1.165, 1.54) is 18.9 Å². The van der Waals surface area contributed by atoms with E-state index in [0.717, 1.165) is 31.2 Å². The van der Waals surface area contributed by atoms with E-state index in [-0.39, 0.29) is 11.7 Å². The van der Waals surface area contributed by atoms with Gasteiger partial charge in [0, 0.05) is 6.07 Å². The van der Waals surface area contributed by atoms with Crippen LogP contribution in [-0.4, -0.2) is 0 Å². The molecular weight excluding hydrogens is 230 g/mol. The Labute approximate surface area is 108 Å². The van der Waals surface area contributed by atoms with Crippen LogP contribution >= 0.6 is 0 Å². The summed E-state index contributed by atoms with van der Waals surface area (Å²) < 4.78 is 26.7. The minimum Gasteiger partial charge on any atom is -0.207 e. The third-order valence-corrected chi connectivity index (χ3v) is 4.36. The Balaban J connectivity index is 2.10. The zero-order valence-corrected chi connectivity index (χ0v) is 11.3. The summed E-state index contributed by atoms with van der Waals surface area (Å²) in [5, 5.41) is 0. The van der Waals surface area contributed by atoms with Crippen molar-refractivity contribution in [1.82, 2.24) is 0 Å². The second-order valence-electron chi connectivity index (χ2n) is 5.88. The SMILES string of the molecule is CC(C)C1CCCC(c2ccc(F)cc2F)CC1. The van der Waals surface area contributed by atoms with Gasteiger partial charge in [-0.3, -0.25) is 0 Å². The number of benzene rings is 1. The molecule has 18 heavy (non-hydrogen) atoms. The highest BCUT2D eigenvalue weighted by Crippen LogP contribution is 2.37. The van der Waals surface area contributed by atoms with Crippen LogP contribution in [0.4, 0.5) is 8.78 Å². The number of halogens is 2. The fourth-order valence-electron chi connectivity index (χ4n) is 3.14. The molecule has 0 spiro atoms. The van der Waals surface area contributed by atoms with Gasteiger partial charge in [-0.2, -0.15) is 0 Å². The zero-order valence-electron chi connectivity index (χ0n) is 11.3. The molecule has 0 N–H and O–H groups in total. The van der Waals surface area contributed by atoms with Gasteiger partial charge in [-0.1, -0.05) is 32.8 Å². The monoisotopic (exact) mass is 252 g/mol. The number of hydrogen-bond donors (Lipinski definition) is 0. The summed E-state index contributed by atoms with van der Waals surface area (Å²) in [5.41, 5.74) is 0.709. The lowest BCUT2D eigenvalue weighted by molar-refractivity contribution is 0.340. The zero-order chi connectivity index (χ0) is 13.1. The fourth-order valence-corrected chi connectivity index (χ4v) is 3.14. The van der Waals surface area contributed by atoms with Crippen molar-refractivity contribution in [3.63, 3.8) is 0 Å². The lowest BCUT2D eigenvalue weighted by Gasteiger charge is -2.19. The van der Waals surface area contributed by atoms with Gasteiger partial charge in [-0.05, 0) is 48.6 Å². The van der Waals surface area contributed by atoms with Crippen molar-refractivity contribution in [3.8, 4) is 0 Å². The summed E-state index contributed by atoms with van der Waals surface area (Å²) in [6.07, 6.45) is 5.64. The molecule has 1 aromatic carbocycles. The van der Waals surface area contributed by atoms with E-state index in [0.29, 0.717) is 11.5 Å². The van der Waals surface area contributed by atoms with Crippen LogP contribution in [0.2, 0.25) is 0 Å². The minimum absolute atomic E-state index is 0.273. The first-order chi connectivity index (χ1) is 8.58. The maximum absolute atomic E-state index is 13.8. The van der Waals surface area contributed by atoms with E-state index in [1.54, 1.807) is 6.07 Å². The lowest BCUT2D eigenvalue weighted by atomic mass is 9.87. The quantitative estimate of drug-likeness (QED) is 0.628. The van der Waals surface area contributed by atoms with Crippen LogP contribution in [-0.2, 0) is 0 Å². The van der Waals surface area contributed by atoms with Gasteiger partial charge in [0.15, 0.2) is 0 Å². The summed E-state index contributed by atoms with van der Waals surface area (Å²) in [6.45, 7) is 4.53. The third-order valence-electron chi connectivity index (χ3n) is 4.36. The maximum atomic E-state index is 13.8. The van der Waals surface area contributed by atoms with Crippen molar-refractivity contribution in [2.24, 2.45) is 11.8 Å². The fraction of sp³-hybridized carbons (Fsp3) is 0.625. The second-order valence-corrected chi connectivity index (χ2v) is 5.88. The first kappa shape index (κ1) is 13.5. The Morgan fingerprint density at radius 3 is 2.50 bits per heavy atom. The summed E-state index contributed by atoms with van der Waals surface area (Å²) in [6, 6.07) is 4.02. The highest BCUT2D eigenvalue weighted by Gasteiger charge is 2.23. The Hall–Kier alpha value is -0.920. The standard InChI is InChI=1S/C16H22F2/c1-11(2)12-4-3-5-13(7-6-12)15-9-8-14(17)10-16(15)18/h8-13H,3-7H2,1-2H3. The van der Waals surface area contributed by atoms with E-state index < -0.39 is 5.82 Å². The van der Waals surface area contributed by atoms with Crippen LogP contribution in [0.25, 0.3) is 0 Å². The van der Waals surface area contributed by atoms with Gasteiger partial charge in [0.25, 0.3) is 0 Å². The third kappa shape index (κ3) is 3.09. The molecule has 0 nitrogen and oxygen atoms in total. The molecule has 1 fully saturated rings. The molecule has 0 radical (unpaired) electrons. The summed E-state index contributed by atoms with van der Waals surface area (Å²) in [7, 11) is 0. The van der Waals surface area contributed by atoms with E-state index >= 15 is 0 Å². The summed E-state index contributed by atoms with van der Waals surface area (Å²) in [5.74, 6) is 0.891. The molecule has 0 bridgehead atoms. The highest BCUT2D eigenvalue weighted by atomic mass is 19.1. The predicted octanol–water partition coefficient (Wildman–Crippen LogP) is 5.28. The molecule has 0 heterocycles. The molecule has 2 atom stereocenters. The van der Waals surface area contributed by atoms with Crippen molar-refractivity contribution >= 4 is 0 Å². The molecule has 2 unspecified atom stereocenters. The molecule has 2 rings (SSSR count). The predicted molar refractivity (Wildman–Crippen MR) is 70.5 cm³/mol. The second kappa shape index (κ2) is 5.81. The van der Waals surface area contributed by atoms with Crippen molar-refractivity contribution in [3.05, 3.63) is 35.4 Å². The van der Waals surface area contributed by atoms with E-state index in [2.05, 4.69) is 13.8 Å². The van der Waals surface area contributed by atoms with Gasteiger partial charge in [0.05, 0.1) is 0 Å². The van der Waals surface area contributed by atoms with Crippen LogP contribution in [0.5, 0.6) is 0 Å². The average Bonchev–Trinajstić information content (AvgIpc) is 2.54. The summed E-state index contributed by atoms with van der Waals surface area (Å²) >= 11 is 0. The topological polar surface area (TPSA) is 0 Å². The van der Waals surface area contributed by atoms with E-state index in [4.69, 9.17) is 0 Å². The molecule has 0 aromatic heterocycles. The van der Waals surface area contributed by atoms with Crippen LogP contribution in [0.15, 0.2) is 18.2 Å². The smallest absolute Gasteiger partial charge is 0.129 e. The minimum atomic E-state index is -0.482. The molecule has 1 aromatic rings. The molecule has 100 valence electrons. The van der Waals surface area contributed by atoms with Crippen LogP contribution in [0.1, 0.15) is 57.4 Å². The average molecular weight is 252 g/mol. The van der Waals surface area contributed by atoms with Crippen molar-refractivity contribution in [2.45, 2.75) is 51.9 Å². The van der Waals surface area contributed by atoms with E-state index in [9.17, 15) is 8.78 Å². The largest absolute Gasteiger partial charge is 0.207 e. The van der Waals surface area contributed by atoms with Gasteiger partial charge in [0.2, 0.25) is 0 Å². The number of hydrogen-bond acceptors (Lipinski definition) is 0. The van der Waals surface area contributed by atoms with Crippen molar-refractivity contribution < 1.29 is 8.78 Å². The van der Waals surface area contributed by atoms with Gasteiger partial charge in [-0.25, -0.2) is 8.78 Å². The van der Waals surface area contributed by atoms with Crippen LogP contribution < -0.4 is 0 Å². The molecule has 1 aliphatic rings.